The molecule has 0 aliphatic carbocycles. The molecule has 1 saturated heterocycles. The van der Waals surface area contributed by atoms with E-state index in [4.69, 9.17) is 10.5 Å². The molecule has 2 heterocycles. The van der Waals surface area contributed by atoms with Crippen LogP contribution in [0.1, 0.15) is 38.9 Å². The minimum Gasteiger partial charge on any atom is -0.373 e. The SMILES string of the molecule is CCC(N)Cc1nccn1CC1CCC(C)O1. The lowest BCUT2D eigenvalue weighted by molar-refractivity contribution is 0.0452. The fourth-order valence-corrected chi connectivity index (χ4v) is 2.31. The summed E-state index contributed by atoms with van der Waals surface area (Å²) < 4.78 is 8.03. The first-order valence-electron chi connectivity index (χ1n) is 6.60. The molecule has 0 saturated carbocycles. The van der Waals surface area contributed by atoms with Crippen LogP contribution in [0.4, 0.5) is 0 Å². The fourth-order valence-electron chi connectivity index (χ4n) is 2.31. The highest BCUT2D eigenvalue weighted by Gasteiger charge is 2.22. The number of aromatic nitrogens is 2. The van der Waals surface area contributed by atoms with Crippen LogP contribution < -0.4 is 5.73 Å². The van der Waals surface area contributed by atoms with Crippen LogP contribution in [0.15, 0.2) is 12.4 Å². The predicted octanol–water partition coefficient (Wildman–Crippen LogP) is 1.73. The van der Waals surface area contributed by atoms with E-state index in [1.165, 1.54) is 6.42 Å². The molecule has 3 unspecified atom stereocenters. The summed E-state index contributed by atoms with van der Waals surface area (Å²) in [5.74, 6) is 1.09. The monoisotopic (exact) mass is 237 g/mol. The van der Waals surface area contributed by atoms with Gasteiger partial charge in [0.25, 0.3) is 0 Å². The summed E-state index contributed by atoms with van der Waals surface area (Å²) in [5.41, 5.74) is 5.98. The van der Waals surface area contributed by atoms with Gasteiger partial charge in [0.2, 0.25) is 0 Å². The normalized spacial score (nSPS) is 26.3. The highest BCUT2D eigenvalue weighted by molar-refractivity contribution is 4.96. The average molecular weight is 237 g/mol. The molecular formula is C13H23N3O. The van der Waals surface area contributed by atoms with Crippen molar-refractivity contribution in [2.24, 2.45) is 5.73 Å². The van der Waals surface area contributed by atoms with Crippen molar-refractivity contribution >= 4 is 0 Å². The summed E-state index contributed by atoms with van der Waals surface area (Å²) in [4.78, 5) is 4.39. The molecule has 4 heteroatoms. The molecule has 0 bridgehead atoms. The van der Waals surface area contributed by atoms with Crippen molar-refractivity contribution in [1.29, 1.82) is 0 Å². The molecule has 17 heavy (non-hydrogen) atoms. The van der Waals surface area contributed by atoms with E-state index in [-0.39, 0.29) is 6.04 Å². The summed E-state index contributed by atoms with van der Waals surface area (Å²) in [6.07, 6.45) is 8.80. The molecule has 1 fully saturated rings. The van der Waals surface area contributed by atoms with Crippen LogP contribution >= 0.6 is 0 Å². The topological polar surface area (TPSA) is 53.1 Å². The summed E-state index contributed by atoms with van der Waals surface area (Å²) in [6.45, 7) is 5.16. The van der Waals surface area contributed by atoms with Crippen molar-refractivity contribution in [3.05, 3.63) is 18.2 Å². The molecule has 4 nitrogen and oxygen atoms in total. The Morgan fingerprint density at radius 3 is 3.06 bits per heavy atom. The quantitative estimate of drug-likeness (QED) is 0.848. The smallest absolute Gasteiger partial charge is 0.110 e. The summed E-state index contributed by atoms with van der Waals surface area (Å²) in [7, 11) is 0. The third kappa shape index (κ3) is 3.30. The summed E-state index contributed by atoms with van der Waals surface area (Å²) in [6, 6.07) is 0.208. The zero-order valence-corrected chi connectivity index (χ0v) is 10.8. The Morgan fingerprint density at radius 1 is 1.59 bits per heavy atom. The van der Waals surface area contributed by atoms with E-state index in [0.717, 1.165) is 31.6 Å². The van der Waals surface area contributed by atoms with Crippen LogP contribution in [0, 0.1) is 0 Å². The van der Waals surface area contributed by atoms with Gasteiger partial charge in [-0.15, -0.1) is 0 Å². The van der Waals surface area contributed by atoms with E-state index >= 15 is 0 Å². The van der Waals surface area contributed by atoms with Crippen molar-refractivity contribution in [2.75, 3.05) is 0 Å². The van der Waals surface area contributed by atoms with Gasteiger partial charge < -0.3 is 15.0 Å². The molecule has 0 amide bonds. The highest BCUT2D eigenvalue weighted by atomic mass is 16.5. The lowest BCUT2D eigenvalue weighted by atomic mass is 10.1. The van der Waals surface area contributed by atoms with E-state index in [1.54, 1.807) is 0 Å². The Morgan fingerprint density at radius 2 is 2.41 bits per heavy atom. The fraction of sp³-hybridized carbons (Fsp3) is 0.769. The van der Waals surface area contributed by atoms with Gasteiger partial charge in [0, 0.05) is 24.9 Å². The average Bonchev–Trinajstić information content (AvgIpc) is 2.89. The number of hydrogen-bond donors (Lipinski definition) is 1. The second kappa shape index (κ2) is 5.65. The zero-order valence-electron chi connectivity index (χ0n) is 10.8. The molecular weight excluding hydrogens is 214 g/mol. The number of nitrogens with zero attached hydrogens (tertiary/aromatic N) is 2. The van der Waals surface area contributed by atoms with Gasteiger partial charge >= 0.3 is 0 Å². The molecule has 0 aromatic carbocycles. The predicted molar refractivity (Wildman–Crippen MR) is 67.8 cm³/mol. The van der Waals surface area contributed by atoms with Crippen LogP contribution in [0.2, 0.25) is 0 Å². The molecule has 1 aromatic rings. The van der Waals surface area contributed by atoms with Gasteiger partial charge in [0.05, 0.1) is 18.8 Å². The number of imidazole rings is 1. The van der Waals surface area contributed by atoms with E-state index in [1.807, 2.05) is 12.4 Å². The molecule has 0 radical (unpaired) electrons. The third-order valence-electron chi connectivity index (χ3n) is 3.49. The van der Waals surface area contributed by atoms with Gasteiger partial charge in [0.1, 0.15) is 5.82 Å². The van der Waals surface area contributed by atoms with Crippen LogP contribution in [0.3, 0.4) is 0 Å². The van der Waals surface area contributed by atoms with Crippen LogP contribution in [-0.2, 0) is 17.7 Å². The van der Waals surface area contributed by atoms with Gasteiger partial charge in [-0.25, -0.2) is 4.98 Å². The Balaban J connectivity index is 1.94. The van der Waals surface area contributed by atoms with Crippen molar-refractivity contribution in [2.45, 2.75) is 64.3 Å². The van der Waals surface area contributed by atoms with E-state index in [0.29, 0.717) is 12.2 Å². The number of ether oxygens (including phenoxy) is 1. The van der Waals surface area contributed by atoms with Gasteiger partial charge in [-0.3, -0.25) is 0 Å². The van der Waals surface area contributed by atoms with Crippen molar-refractivity contribution in [3.63, 3.8) is 0 Å². The lowest BCUT2D eigenvalue weighted by Crippen LogP contribution is -2.25. The molecule has 1 aliphatic heterocycles. The first kappa shape index (κ1) is 12.6. The van der Waals surface area contributed by atoms with Crippen molar-refractivity contribution < 1.29 is 4.74 Å². The zero-order chi connectivity index (χ0) is 12.3. The van der Waals surface area contributed by atoms with Gasteiger partial charge in [0.15, 0.2) is 0 Å². The van der Waals surface area contributed by atoms with Crippen LogP contribution in [-0.4, -0.2) is 27.8 Å². The maximum absolute atomic E-state index is 5.98. The Labute approximate surface area is 103 Å². The van der Waals surface area contributed by atoms with Crippen LogP contribution in [0.5, 0.6) is 0 Å². The number of hydrogen-bond acceptors (Lipinski definition) is 3. The maximum Gasteiger partial charge on any atom is 0.110 e. The highest BCUT2D eigenvalue weighted by Crippen LogP contribution is 2.21. The Bertz CT molecular complexity index is 350. The Hall–Kier alpha value is -0.870. The molecule has 1 aliphatic rings. The van der Waals surface area contributed by atoms with E-state index in [9.17, 15) is 0 Å². The molecule has 0 spiro atoms. The number of rotatable bonds is 5. The van der Waals surface area contributed by atoms with Crippen LogP contribution in [0.25, 0.3) is 0 Å². The summed E-state index contributed by atoms with van der Waals surface area (Å²) >= 11 is 0. The molecule has 3 atom stereocenters. The number of nitrogens with two attached hydrogens (primary N) is 1. The second-order valence-corrected chi connectivity index (χ2v) is 5.01. The lowest BCUT2D eigenvalue weighted by Gasteiger charge is -2.15. The Kier molecular flexibility index (Phi) is 4.18. The minimum absolute atomic E-state index is 0.208. The molecule has 96 valence electrons. The maximum atomic E-state index is 5.98. The first-order chi connectivity index (χ1) is 8.19. The van der Waals surface area contributed by atoms with E-state index in [2.05, 4.69) is 23.4 Å². The second-order valence-electron chi connectivity index (χ2n) is 5.01. The molecule has 2 rings (SSSR count). The standard InChI is InChI=1S/C13H23N3O/c1-3-11(14)8-13-15-6-7-16(13)9-12-5-4-10(2)17-12/h6-7,10-12H,3-5,8-9,14H2,1-2H3. The van der Waals surface area contributed by atoms with Gasteiger partial charge in [-0.2, -0.15) is 0 Å². The first-order valence-corrected chi connectivity index (χ1v) is 6.60. The minimum atomic E-state index is 0.208. The van der Waals surface area contributed by atoms with E-state index < -0.39 is 0 Å². The van der Waals surface area contributed by atoms with Crippen molar-refractivity contribution in [3.8, 4) is 0 Å². The van der Waals surface area contributed by atoms with Gasteiger partial charge in [-0.1, -0.05) is 6.92 Å². The van der Waals surface area contributed by atoms with Gasteiger partial charge in [-0.05, 0) is 26.2 Å². The molecule has 2 N–H and O–H groups in total. The largest absolute Gasteiger partial charge is 0.373 e. The summed E-state index contributed by atoms with van der Waals surface area (Å²) in [5, 5.41) is 0. The third-order valence-corrected chi connectivity index (χ3v) is 3.49. The molecule has 1 aromatic heterocycles. The van der Waals surface area contributed by atoms with Crippen molar-refractivity contribution in [1.82, 2.24) is 9.55 Å².